The van der Waals surface area contributed by atoms with Crippen LogP contribution in [0.15, 0.2) is 71.5 Å². The van der Waals surface area contributed by atoms with E-state index in [0.29, 0.717) is 0 Å². The van der Waals surface area contributed by atoms with Gasteiger partial charge in [-0.15, -0.1) is 0 Å². The zero-order chi connectivity index (χ0) is 20.4. The van der Waals surface area contributed by atoms with Gasteiger partial charge in [-0.3, -0.25) is 4.98 Å². The maximum atomic E-state index is 5.75. The molecule has 0 amide bonds. The van der Waals surface area contributed by atoms with Gasteiger partial charge in [0.05, 0.1) is 17.8 Å². The molecule has 150 valence electrons. The van der Waals surface area contributed by atoms with Gasteiger partial charge in [-0.1, -0.05) is 22.0 Å². The molecule has 0 unspecified atom stereocenters. The van der Waals surface area contributed by atoms with Gasteiger partial charge in [0, 0.05) is 41.3 Å². The van der Waals surface area contributed by atoms with Crippen LogP contribution in [0.5, 0.6) is 0 Å². The van der Waals surface area contributed by atoms with Gasteiger partial charge in [-0.2, -0.15) is 0 Å². The number of hydrogen-bond donors (Lipinski definition) is 1. The first kappa shape index (κ1) is 20.1. The van der Waals surface area contributed by atoms with Crippen LogP contribution in [-0.4, -0.2) is 51.6 Å². The lowest BCUT2D eigenvalue weighted by Crippen LogP contribution is -2.36. The number of thiocarbonyl (C=S) groups is 1. The lowest BCUT2D eigenvalue weighted by atomic mass is 10.0. The second-order valence-corrected chi connectivity index (χ2v) is 8.71. The fourth-order valence-corrected chi connectivity index (χ4v) is 4.34. The molecule has 1 saturated heterocycles. The van der Waals surface area contributed by atoms with E-state index in [0.717, 1.165) is 34.1 Å². The third-order valence-corrected chi connectivity index (χ3v) is 6.06. The van der Waals surface area contributed by atoms with Crippen LogP contribution in [0.4, 0.5) is 0 Å². The Balaban J connectivity index is 1.77. The molecule has 1 N–H and O–H groups in total. The van der Waals surface area contributed by atoms with Crippen LogP contribution >= 0.6 is 28.1 Å². The largest absolute Gasteiger partial charge is 0.352 e. The maximum absolute atomic E-state index is 5.75. The Kier molecular flexibility index (Phi) is 5.99. The van der Waals surface area contributed by atoms with Gasteiger partial charge in [0.1, 0.15) is 0 Å². The van der Waals surface area contributed by atoms with Gasteiger partial charge in [-0.25, -0.2) is 0 Å². The maximum Gasteiger partial charge on any atom is 0.170 e. The zero-order valence-corrected chi connectivity index (χ0v) is 18.9. The van der Waals surface area contributed by atoms with Crippen molar-refractivity contribution in [3.05, 3.63) is 82.9 Å². The summed E-state index contributed by atoms with van der Waals surface area (Å²) < 4.78 is 3.31. The molecule has 1 aliphatic rings. The standard InChI is InChI=1S/C22H24BrN5S/c1-26(2)14-15-28-21(20(25-22(28)29)18-6-3-4-12-24-18)19-7-5-13-27(19)17-10-8-16(23)9-11-17/h3-13,20-21H,14-15H2,1-2H3,(H,25,29)/t20-,21+/m0/s1. The van der Waals surface area contributed by atoms with Crippen LogP contribution in [0.25, 0.3) is 5.69 Å². The number of nitrogens with zero attached hydrogens (tertiary/aromatic N) is 4. The summed E-state index contributed by atoms with van der Waals surface area (Å²) in [4.78, 5) is 9.10. The van der Waals surface area contributed by atoms with Crippen molar-refractivity contribution in [3.63, 3.8) is 0 Å². The Morgan fingerprint density at radius 1 is 1.10 bits per heavy atom. The molecule has 0 spiro atoms. The number of pyridine rings is 1. The summed E-state index contributed by atoms with van der Waals surface area (Å²) in [5.41, 5.74) is 3.31. The summed E-state index contributed by atoms with van der Waals surface area (Å²) in [7, 11) is 4.17. The average molecular weight is 470 g/mol. The lowest BCUT2D eigenvalue weighted by molar-refractivity contribution is 0.272. The number of aromatic nitrogens is 2. The zero-order valence-electron chi connectivity index (χ0n) is 16.5. The SMILES string of the molecule is CN(C)CCN1C(=S)N[C@@H](c2ccccn2)[C@H]1c1cccn1-c1ccc(Br)cc1. The highest BCUT2D eigenvalue weighted by Crippen LogP contribution is 2.39. The minimum absolute atomic E-state index is 0.00467. The molecular weight excluding hydrogens is 446 g/mol. The first-order chi connectivity index (χ1) is 14.0. The molecule has 1 aromatic carbocycles. The summed E-state index contributed by atoms with van der Waals surface area (Å²) in [6.45, 7) is 1.77. The number of halogens is 1. The molecule has 0 aliphatic carbocycles. The molecule has 7 heteroatoms. The van der Waals surface area contributed by atoms with Gasteiger partial charge in [0.2, 0.25) is 0 Å². The summed E-state index contributed by atoms with van der Waals surface area (Å²) >= 11 is 9.28. The fraction of sp³-hybridized carbons (Fsp3) is 0.273. The predicted octanol–water partition coefficient (Wildman–Crippen LogP) is 4.17. The molecule has 1 aliphatic heterocycles. The Labute approximate surface area is 185 Å². The second-order valence-electron chi connectivity index (χ2n) is 7.40. The minimum atomic E-state index is -0.00467. The second kappa shape index (κ2) is 8.65. The van der Waals surface area contributed by atoms with Crippen molar-refractivity contribution in [1.29, 1.82) is 0 Å². The average Bonchev–Trinajstić information content (AvgIpc) is 3.32. The van der Waals surface area contributed by atoms with E-state index in [4.69, 9.17) is 12.2 Å². The van der Waals surface area contributed by atoms with Crippen molar-refractivity contribution in [2.45, 2.75) is 12.1 Å². The molecule has 4 rings (SSSR count). The molecule has 0 bridgehead atoms. The third kappa shape index (κ3) is 4.22. The smallest absolute Gasteiger partial charge is 0.170 e. The highest BCUT2D eigenvalue weighted by atomic mass is 79.9. The predicted molar refractivity (Wildman–Crippen MR) is 124 cm³/mol. The number of rotatable bonds is 6. The lowest BCUT2D eigenvalue weighted by Gasteiger charge is -2.29. The molecule has 2 atom stereocenters. The Morgan fingerprint density at radius 2 is 1.90 bits per heavy atom. The Morgan fingerprint density at radius 3 is 2.59 bits per heavy atom. The fourth-order valence-electron chi connectivity index (χ4n) is 3.75. The van der Waals surface area contributed by atoms with Crippen LogP contribution in [0.2, 0.25) is 0 Å². The van der Waals surface area contributed by atoms with Crippen molar-refractivity contribution < 1.29 is 0 Å². The van der Waals surface area contributed by atoms with Crippen molar-refractivity contribution in [1.82, 2.24) is 24.7 Å². The van der Waals surface area contributed by atoms with Crippen LogP contribution in [0.3, 0.4) is 0 Å². The van der Waals surface area contributed by atoms with E-state index in [1.54, 1.807) is 0 Å². The van der Waals surface area contributed by atoms with Gasteiger partial charge in [-0.05, 0) is 74.8 Å². The van der Waals surface area contributed by atoms with Crippen molar-refractivity contribution in [3.8, 4) is 5.69 Å². The molecule has 3 aromatic rings. The van der Waals surface area contributed by atoms with Gasteiger partial charge in [0.15, 0.2) is 5.11 Å². The monoisotopic (exact) mass is 469 g/mol. The molecule has 29 heavy (non-hydrogen) atoms. The van der Waals surface area contributed by atoms with E-state index in [2.05, 4.69) is 103 Å². The number of hydrogen-bond acceptors (Lipinski definition) is 3. The summed E-state index contributed by atoms with van der Waals surface area (Å²) in [6, 6.07) is 18.7. The van der Waals surface area contributed by atoms with Crippen molar-refractivity contribution in [2.75, 3.05) is 27.2 Å². The van der Waals surface area contributed by atoms with Crippen molar-refractivity contribution in [2.24, 2.45) is 0 Å². The number of likely N-dealkylation sites (N-methyl/N-ethyl adjacent to an activating group) is 1. The summed E-state index contributed by atoms with van der Waals surface area (Å²) in [6.07, 6.45) is 3.95. The summed E-state index contributed by atoms with van der Waals surface area (Å²) in [5, 5.41) is 4.30. The van der Waals surface area contributed by atoms with E-state index < -0.39 is 0 Å². The molecule has 0 saturated carbocycles. The van der Waals surface area contributed by atoms with E-state index >= 15 is 0 Å². The van der Waals surface area contributed by atoms with Crippen LogP contribution < -0.4 is 5.32 Å². The quantitative estimate of drug-likeness (QED) is 0.548. The third-order valence-electron chi connectivity index (χ3n) is 5.17. The van der Waals surface area contributed by atoms with E-state index in [-0.39, 0.29) is 12.1 Å². The molecule has 5 nitrogen and oxygen atoms in total. The molecule has 2 aromatic heterocycles. The highest BCUT2D eigenvalue weighted by molar-refractivity contribution is 9.10. The van der Waals surface area contributed by atoms with E-state index in [1.807, 2.05) is 18.3 Å². The van der Waals surface area contributed by atoms with Crippen molar-refractivity contribution >= 4 is 33.3 Å². The first-order valence-corrected chi connectivity index (χ1v) is 10.8. The normalized spacial score (nSPS) is 19.0. The highest BCUT2D eigenvalue weighted by Gasteiger charge is 2.41. The van der Waals surface area contributed by atoms with Crippen LogP contribution in [0, 0.1) is 0 Å². The minimum Gasteiger partial charge on any atom is -0.352 e. The molecule has 1 fully saturated rings. The number of nitrogens with one attached hydrogen (secondary N) is 1. The van der Waals surface area contributed by atoms with Gasteiger partial charge < -0.3 is 19.7 Å². The molecule has 0 radical (unpaired) electrons. The molecular formula is C22H24BrN5S. The van der Waals surface area contributed by atoms with Gasteiger partial charge >= 0.3 is 0 Å². The topological polar surface area (TPSA) is 36.3 Å². The van der Waals surface area contributed by atoms with Gasteiger partial charge in [0.25, 0.3) is 0 Å². The Bertz CT molecular complexity index is 970. The first-order valence-electron chi connectivity index (χ1n) is 9.60. The summed E-state index contributed by atoms with van der Waals surface area (Å²) in [5.74, 6) is 0. The number of benzene rings is 1. The Hall–Kier alpha value is -2.22. The molecule has 3 heterocycles. The van der Waals surface area contributed by atoms with Crippen LogP contribution in [-0.2, 0) is 0 Å². The van der Waals surface area contributed by atoms with Crippen LogP contribution in [0.1, 0.15) is 23.5 Å². The van der Waals surface area contributed by atoms with E-state index in [9.17, 15) is 0 Å². The van der Waals surface area contributed by atoms with E-state index in [1.165, 1.54) is 5.69 Å².